The molecule has 2 aromatic rings. The maximum Gasteiger partial charge on any atom is 0.0890 e. The fourth-order valence-electron chi connectivity index (χ4n) is 1.06. The van der Waals surface area contributed by atoms with Crippen LogP contribution in [0, 0.1) is 0 Å². The quantitative estimate of drug-likeness (QED) is 0.627. The van der Waals surface area contributed by atoms with Gasteiger partial charge in [0, 0.05) is 0 Å². The average molecular weight is 179 g/mol. The van der Waals surface area contributed by atoms with Crippen LogP contribution < -0.4 is 0 Å². The van der Waals surface area contributed by atoms with Crippen LogP contribution in [0.15, 0.2) is 30.5 Å². The number of nitrogens with zero attached hydrogens (tertiary/aromatic N) is 2. The molecule has 0 spiro atoms. The van der Waals surface area contributed by atoms with Gasteiger partial charge in [-0.1, -0.05) is 12.1 Å². The molecule has 60 valence electrons. The van der Waals surface area contributed by atoms with E-state index in [1.54, 1.807) is 6.20 Å². The van der Waals surface area contributed by atoms with Crippen LogP contribution in [0.4, 0.5) is 0 Å². The SMILES string of the molecule is ClCc1cnc2ccccc2n1. The smallest absolute Gasteiger partial charge is 0.0890 e. The molecule has 3 heteroatoms. The second-order valence-corrected chi connectivity index (χ2v) is 2.75. The number of halogens is 1. The van der Waals surface area contributed by atoms with E-state index in [1.807, 2.05) is 24.3 Å². The molecular formula is C9H7ClN2. The minimum absolute atomic E-state index is 0.415. The molecule has 2 rings (SSSR count). The Labute approximate surface area is 75.2 Å². The summed E-state index contributed by atoms with van der Waals surface area (Å²) >= 11 is 5.62. The van der Waals surface area contributed by atoms with Gasteiger partial charge in [-0.15, -0.1) is 11.6 Å². The fraction of sp³-hybridized carbons (Fsp3) is 0.111. The maximum atomic E-state index is 5.62. The van der Waals surface area contributed by atoms with E-state index in [9.17, 15) is 0 Å². The van der Waals surface area contributed by atoms with Crippen LogP contribution in [0.1, 0.15) is 5.69 Å². The van der Waals surface area contributed by atoms with Crippen LogP contribution in [0.25, 0.3) is 11.0 Å². The van der Waals surface area contributed by atoms with Gasteiger partial charge < -0.3 is 0 Å². The number of hydrogen-bond donors (Lipinski definition) is 0. The number of hydrogen-bond acceptors (Lipinski definition) is 2. The van der Waals surface area contributed by atoms with Gasteiger partial charge in [-0.2, -0.15) is 0 Å². The Balaban J connectivity index is 2.67. The van der Waals surface area contributed by atoms with Gasteiger partial charge in [-0.3, -0.25) is 4.98 Å². The Morgan fingerprint density at radius 3 is 2.67 bits per heavy atom. The molecule has 1 aromatic carbocycles. The summed E-state index contributed by atoms with van der Waals surface area (Å²) in [7, 11) is 0. The summed E-state index contributed by atoms with van der Waals surface area (Å²) in [5, 5.41) is 0. The predicted molar refractivity (Wildman–Crippen MR) is 49.1 cm³/mol. The second kappa shape index (κ2) is 3.07. The number of rotatable bonds is 1. The molecule has 0 saturated carbocycles. The van der Waals surface area contributed by atoms with Crippen LogP contribution in [-0.2, 0) is 5.88 Å². The molecule has 1 heterocycles. The van der Waals surface area contributed by atoms with Crippen LogP contribution in [0.3, 0.4) is 0 Å². The van der Waals surface area contributed by atoms with Crippen molar-refractivity contribution in [3.8, 4) is 0 Å². The third-order valence-electron chi connectivity index (χ3n) is 1.64. The standard InChI is InChI=1S/C9H7ClN2/c10-5-7-6-11-8-3-1-2-4-9(8)12-7/h1-4,6H,5H2. The van der Waals surface area contributed by atoms with Crippen molar-refractivity contribution < 1.29 is 0 Å². The molecule has 12 heavy (non-hydrogen) atoms. The van der Waals surface area contributed by atoms with Crippen LogP contribution in [-0.4, -0.2) is 9.97 Å². The van der Waals surface area contributed by atoms with E-state index in [2.05, 4.69) is 9.97 Å². The van der Waals surface area contributed by atoms with Gasteiger partial charge in [0.2, 0.25) is 0 Å². The first-order chi connectivity index (χ1) is 5.90. The normalized spacial score (nSPS) is 10.4. The van der Waals surface area contributed by atoms with Gasteiger partial charge in [0.05, 0.1) is 28.8 Å². The van der Waals surface area contributed by atoms with E-state index in [0.29, 0.717) is 5.88 Å². The van der Waals surface area contributed by atoms with Crippen molar-refractivity contribution in [1.82, 2.24) is 9.97 Å². The topological polar surface area (TPSA) is 25.8 Å². The molecular weight excluding hydrogens is 172 g/mol. The maximum absolute atomic E-state index is 5.62. The number of aromatic nitrogens is 2. The summed E-state index contributed by atoms with van der Waals surface area (Å²) in [5.74, 6) is 0.415. The first kappa shape index (κ1) is 7.50. The number of benzene rings is 1. The van der Waals surface area contributed by atoms with Crippen LogP contribution >= 0.6 is 11.6 Å². The first-order valence-corrected chi connectivity index (χ1v) is 4.20. The van der Waals surface area contributed by atoms with E-state index in [-0.39, 0.29) is 0 Å². The largest absolute Gasteiger partial charge is 0.253 e. The lowest BCUT2D eigenvalue weighted by molar-refractivity contribution is 1.16. The Morgan fingerprint density at radius 1 is 1.17 bits per heavy atom. The van der Waals surface area contributed by atoms with Crippen molar-refractivity contribution in [3.63, 3.8) is 0 Å². The first-order valence-electron chi connectivity index (χ1n) is 3.67. The fourth-order valence-corrected chi connectivity index (χ4v) is 1.19. The number of fused-ring (bicyclic) bond motifs is 1. The summed E-state index contributed by atoms with van der Waals surface area (Å²) in [6, 6.07) is 7.74. The lowest BCUT2D eigenvalue weighted by atomic mass is 10.3. The Kier molecular flexibility index (Phi) is 1.92. The average Bonchev–Trinajstić information content (AvgIpc) is 2.17. The van der Waals surface area contributed by atoms with E-state index in [1.165, 1.54) is 0 Å². The van der Waals surface area contributed by atoms with Gasteiger partial charge in [0.15, 0.2) is 0 Å². The Hall–Kier alpha value is -1.15. The lowest BCUT2D eigenvalue weighted by Gasteiger charge is -1.96. The van der Waals surface area contributed by atoms with E-state index in [4.69, 9.17) is 11.6 Å². The molecule has 0 radical (unpaired) electrons. The second-order valence-electron chi connectivity index (χ2n) is 2.48. The highest BCUT2D eigenvalue weighted by Crippen LogP contribution is 2.09. The van der Waals surface area contributed by atoms with Crippen molar-refractivity contribution >= 4 is 22.6 Å². The monoisotopic (exact) mass is 178 g/mol. The summed E-state index contributed by atoms with van der Waals surface area (Å²) in [4.78, 5) is 8.50. The molecule has 1 aromatic heterocycles. The molecule has 0 aliphatic rings. The van der Waals surface area contributed by atoms with Crippen molar-refractivity contribution in [2.75, 3.05) is 0 Å². The zero-order valence-electron chi connectivity index (χ0n) is 6.37. The van der Waals surface area contributed by atoms with Crippen molar-refractivity contribution in [3.05, 3.63) is 36.2 Å². The highest BCUT2D eigenvalue weighted by atomic mass is 35.5. The third kappa shape index (κ3) is 1.25. The van der Waals surface area contributed by atoms with Crippen LogP contribution in [0.5, 0.6) is 0 Å². The Bertz CT molecular complexity index is 400. The zero-order chi connectivity index (χ0) is 8.39. The molecule has 0 fully saturated rings. The summed E-state index contributed by atoms with van der Waals surface area (Å²) in [5.41, 5.74) is 2.62. The minimum Gasteiger partial charge on any atom is -0.253 e. The molecule has 0 aliphatic heterocycles. The van der Waals surface area contributed by atoms with Gasteiger partial charge in [0.1, 0.15) is 0 Å². The van der Waals surface area contributed by atoms with Crippen molar-refractivity contribution in [1.29, 1.82) is 0 Å². The van der Waals surface area contributed by atoms with E-state index < -0.39 is 0 Å². The molecule has 0 saturated heterocycles. The number of alkyl halides is 1. The Morgan fingerprint density at radius 2 is 1.92 bits per heavy atom. The molecule has 0 aliphatic carbocycles. The minimum atomic E-state index is 0.415. The summed E-state index contributed by atoms with van der Waals surface area (Å²) < 4.78 is 0. The highest BCUT2D eigenvalue weighted by molar-refractivity contribution is 6.16. The van der Waals surface area contributed by atoms with Crippen LogP contribution in [0.2, 0.25) is 0 Å². The molecule has 0 unspecified atom stereocenters. The zero-order valence-corrected chi connectivity index (χ0v) is 7.12. The number of para-hydroxylation sites is 2. The van der Waals surface area contributed by atoms with Gasteiger partial charge in [-0.05, 0) is 12.1 Å². The predicted octanol–water partition coefficient (Wildman–Crippen LogP) is 2.37. The summed E-state index contributed by atoms with van der Waals surface area (Å²) in [6.45, 7) is 0. The van der Waals surface area contributed by atoms with E-state index in [0.717, 1.165) is 16.7 Å². The molecule has 0 amide bonds. The van der Waals surface area contributed by atoms with E-state index >= 15 is 0 Å². The summed E-state index contributed by atoms with van der Waals surface area (Å²) in [6.07, 6.45) is 1.70. The van der Waals surface area contributed by atoms with Crippen molar-refractivity contribution in [2.24, 2.45) is 0 Å². The molecule has 0 N–H and O–H groups in total. The third-order valence-corrected chi connectivity index (χ3v) is 1.91. The van der Waals surface area contributed by atoms with Gasteiger partial charge >= 0.3 is 0 Å². The molecule has 0 bridgehead atoms. The lowest BCUT2D eigenvalue weighted by Crippen LogP contribution is -1.88. The molecule has 2 nitrogen and oxygen atoms in total. The molecule has 0 atom stereocenters. The van der Waals surface area contributed by atoms with Crippen molar-refractivity contribution in [2.45, 2.75) is 5.88 Å². The van der Waals surface area contributed by atoms with Gasteiger partial charge in [-0.25, -0.2) is 4.98 Å². The highest BCUT2D eigenvalue weighted by Gasteiger charge is 1.96. The van der Waals surface area contributed by atoms with Gasteiger partial charge in [0.25, 0.3) is 0 Å².